The molecule has 2 aromatic rings. The molecule has 1 heterocycles. The average Bonchev–Trinajstić information content (AvgIpc) is 2.40. The Hall–Kier alpha value is -1.96. The fourth-order valence-corrected chi connectivity index (χ4v) is 1.84. The van der Waals surface area contributed by atoms with Crippen molar-refractivity contribution >= 4 is 27.5 Å². The Bertz CT molecular complexity index is 646. The Balaban J connectivity index is 2.34. The zero-order valence-corrected chi connectivity index (χ0v) is 11.4. The van der Waals surface area contributed by atoms with Crippen LogP contribution in [0.4, 0.5) is 18.9 Å². The summed E-state index contributed by atoms with van der Waals surface area (Å²) in [5.74, 6) is -0.975. The molecule has 1 aromatic carbocycles. The first kappa shape index (κ1) is 14.4. The number of carbonyl (C=O) groups is 1. The van der Waals surface area contributed by atoms with Gasteiger partial charge in [-0.2, -0.15) is 13.2 Å². The lowest BCUT2D eigenvalue weighted by Gasteiger charge is -2.11. The van der Waals surface area contributed by atoms with Gasteiger partial charge in [0.05, 0.1) is 5.69 Å². The van der Waals surface area contributed by atoms with Gasteiger partial charge in [0.15, 0.2) is 11.4 Å². The standard InChI is InChI=1S/C12H7BrF3N3O/c13-7-3-1-2-4-8(7)19-11(20)9-10(12(14,15)16)18-6-5-17-9/h1-6H,(H,19,20). The largest absolute Gasteiger partial charge is 0.435 e. The number of nitrogens with zero attached hydrogens (tertiary/aromatic N) is 2. The molecule has 0 saturated carbocycles. The predicted molar refractivity (Wildman–Crippen MR) is 69.1 cm³/mol. The highest BCUT2D eigenvalue weighted by atomic mass is 79.9. The van der Waals surface area contributed by atoms with Crippen LogP contribution >= 0.6 is 15.9 Å². The van der Waals surface area contributed by atoms with Crippen molar-refractivity contribution in [3.8, 4) is 0 Å². The van der Waals surface area contributed by atoms with Crippen molar-refractivity contribution in [2.24, 2.45) is 0 Å². The summed E-state index contributed by atoms with van der Waals surface area (Å²) in [6.45, 7) is 0. The van der Waals surface area contributed by atoms with Crippen LogP contribution < -0.4 is 5.32 Å². The number of nitrogens with one attached hydrogen (secondary N) is 1. The van der Waals surface area contributed by atoms with Gasteiger partial charge in [0.25, 0.3) is 5.91 Å². The van der Waals surface area contributed by atoms with Gasteiger partial charge in [0.1, 0.15) is 0 Å². The molecule has 0 aliphatic heterocycles. The number of carbonyl (C=O) groups excluding carboxylic acids is 1. The minimum absolute atomic E-state index is 0.344. The lowest BCUT2D eigenvalue weighted by Crippen LogP contribution is -2.21. The van der Waals surface area contributed by atoms with Gasteiger partial charge in [-0.3, -0.25) is 4.79 Å². The Kier molecular flexibility index (Phi) is 4.03. The van der Waals surface area contributed by atoms with Crippen molar-refractivity contribution in [2.75, 3.05) is 5.32 Å². The summed E-state index contributed by atoms with van der Waals surface area (Å²) in [7, 11) is 0. The zero-order valence-electron chi connectivity index (χ0n) is 9.78. The molecule has 0 fully saturated rings. The minimum atomic E-state index is -4.74. The molecule has 0 aliphatic rings. The third-order valence-electron chi connectivity index (χ3n) is 2.30. The second-order valence-electron chi connectivity index (χ2n) is 3.69. The van der Waals surface area contributed by atoms with Gasteiger partial charge >= 0.3 is 6.18 Å². The third kappa shape index (κ3) is 3.13. The van der Waals surface area contributed by atoms with Gasteiger partial charge in [-0.05, 0) is 28.1 Å². The molecule has 0 aliphatic carbocycles. The lowest BCUT2D eigenvalue weighted by molar-refractivity contribution is -0.141. The van der Waals surface area contributed by atoms with Gasteiger partial charge in [-0.1, -0.05) is 12.1 Å². The van der Waals surface area contributed by atoms with Crippen LogP contribution in [0.2, 0.25) is 0 Å². The summed E-state index contributed by atoms with van der Waals surface area (Å²) in [6.07, 6.45) is -2.82. The van der Waals surface area contributed by atoms with Crippen LogP contribution in [0.1, 0.15) is 16.2 Å². The maximum atomic E-state index is 12.7. The SMILES string of the molecule is O=C(Nc1ccccc1Br)c1nccnc1C(F)(F)F. The molecule has 1 amide bonds. The topological polar surface area (TPSA) is 54.9 Å². The number of amides is 1. The van der Waals surface area contributed by atoms with Crippen LogP contribution in [0.15, 0.2) is 41.1 Å². The highest BCUT2D eigenvalue weighted by Crippen LogP contribution is 2.30. The maximum absolute atomic E-state index is 12.7. The van der Waals surface area contributed by atoms with E-state index < -0.39 is 23.5 Å². The number of anilines is 1. The van der Waals surface area contributed by atoms with Gasteiger partial charge < -0.3 is 5.32 Å². The summed E-state index contributed by atoms with van der Waals surface area (Å²) in [5.41, 5.74) is -1.74. The van der Waals surface area contributed by atoms with E-state index in [1.807, 2.05) is 0 Å². The second-order valence-corrected chi connectivity index (χ2v) is 4.54. The summed E-state index contributed by atoms with van der Waals surface area (Å²) in [4.78, 5) is 18.5. The van der Waals surface area contributed by atoms with Crippen molar-refractivity contribution in [3.05, 3.63) is 52.5 Å². The first-order chi connectivity index (χ1) is 9.39. The van der Waals surface area contributed by atoms with E-state index >= 15 is 0 Å². The van der Waals surface area contributed by atoms with Crippen molar-refractivity contribution in [1.29, 1.82) is 0 Å². The monoisotopic (exact) mass is 345 g/mol. The van der Waals surface area contributed by atoms with E-state index in [1.165, 1.54) is 0 Å². The van der Waals surface area contributed by atoms with E-state index in [0.717, 1.165) is 12.4 Å². The van der Waals surface area contributed by atoms with E-state index in [-0.39, 0.29) is 0 Å². The average molecular weight is 346 g/mol. The van der Waals surface area contributed by atoms with Crippen LogP contribution in [0.25, 0.3) is 0 Å². The summed E-state index contributed by atoms with van der Waals surface area (Å²) >= 11 is 3.18. The number of aromatic nitrogens is 2. The molecule has 104 valence electrons. The molecule has 0 radical (unpaired) electrons. The van der Waals surface area contributed by atoms with Gasteiger partial charge in [-0.15, -0.1) is 0 Å². The molecular formula is C12H7BrF3N3O. The molecule has 0 saturated heterocycles. The number of hydrogen-bond donors (Lipinski definition) is 1. The molecule has 0 unspecified atom stereocenters. The predicted octanol–water partition coefficient (Wildman–Crippen LogP) is 3.51. The summed E-state index contributed by atoms with van der Waals surface area (Å²) < 4.78 is 38.8. The molecule has 1 N–H and O–H groups in total. The third-order valence-corrected chi connectivity index (χ3v) is 3.00. The van der Waals surface area contributed by atoms with Crippen LogP contribution in [0.5, 0.6) is 0 Å². The van der Waals surface area contributed by atoms with Crippen molar-refractivity contribution in [2.45, 2.75) is 6.18 Å². The zero-order chi connectivity index (χ0) is 14.8. The van der Waals surface area contributed by atoms with E-state index in [0.29, 0.717) is 10.2 Å². The second kappa shape index (κ2) is 5.58. The molecule has 0 spiro atoms. The first-order valence-corrected chi connectivity index (χ1v) is 6.13. The van der Waals surface area contributed by atoms with Gasteiger partial charge in [0.2, 0.25) is 0 Å². The summed E-state index contributed by atoms with van der Waals surface area (Å²) in [5, 5.41) is 2.35. The molecule has 4 nitrogen and oxygen atoms in total. The minimum Gasteiger partial charge on any atom is -0.320 e. The van der Waals surface area contributed by atoms with Crippen molar-refractivity contribution in [1.82, 2.24) is 9.97 Å². The molecule has 1 aromatic heterocycles. The van der Waals surface area contributed by atoms with Crippen molar-refractivity contribution < 1.29 is 18.0 Å². The van der Waals surface area contributed by atoms with E-state index in [1.54, 1.807) is 24.3 Å². The van der Waals surface area contributed by atoms with Gasteiger partial charge in [0, 0.05) is 16.9 Å². The normalized spacial score (nSPS) is 11.2. The number of alkyl halides is 3. The highest BCUT2D eigenvalue weighted by molar-refractivity contribution is 9.10. The van der Waals surface area contributed by atoms with E-state index in [2.05, 4.69) is 31.2 Å². The fourth-order valence-electron chi connectivity index (χ4n) is 1.46. The number of rotatable bonds is 2. The smallest absolute Gasteiger partial charge is 0.320 e. The number of halogens is 4. The van der Waals surface area contributed by atoms with Crippen molar-refractivity contribution in [3.63, 3.8) is 0 Å². The lowest BCUT2D eigenvalue weighted by atomic mass is 10.2. The van der Waals surface area contributed by atoms with Gasteiger partial charge in [-0.25, -0.2) is 9.97 Å². The quantitative estimate of drug-likeness (QED) is 0.906. The molecule has 0 atom stereocenters. The number of para-hydroxylation sites is 1. The van der Waals surface area contributed by atoms with Crippen LogP contribution in [0.3, 0.4) is 0 Å². The number of benzene rings is 1. The molecular weight excluding hydrogens is 339 g/mol. The molecule has 8 heteroatoms. The Morgan fingerprint density at radius 1 is 1.15 bits per heavy atom. The highest BCUT2D eigenvalue weighted by Gasteiger charge is 2.38. The van der Waals surface area contributed by atoms with E-state index in [4.69, 9.17) is 0 Å². The van der Waals surface area contributed by atoms with Crippen LogP contribution in [-0.2, 0) is 6.18 Å². The van der Waals surface area contributed by atoms with E-state index in [9.17, 15) is 18.0 Å². The van der Waals surface area contributed by atoms with Crippen LogP contribution in [0, 0.1) is 0 Å². The molecule has 2 rings (SSSR count). The van der Waals surface area contributed by atoms with Crippen LogP contribution in [-0.4, -0.2) is 15.9 Å². The fraction of sp³-hybridized carbons (Fsp3) is 0.0833. The first-order valence-electron chi connectivity index (χ1n) is 5.33. The molecule has 0 bridgehead atoms. The molecule has 20 heavy (non-hydrogen) atoms. The summed E-state index contributed by atoms with van der Waals surface area (Å²) in [6, 6.07) is 6.55. The Labute approximate surface area is 120 Å². The maximum Gasteiger partial charge on any atom is 0.435 e. The Morgan fingerprint density at radius 2 is 1.80 bits per heavy atom. The number of hydrogen-bond acceptors (Lipinski definition) is 3. The Morgan fingerprint density at radius 3 is 2.45 bits per heavy atom.